The monoisotopic (exact) mass is 789 g/mol. The molecule has 0 fully saturated rings. The van der Waals surface area contributed by atoms with Gasteiger partial charge in [-0.25, -0.2) is 0 Å². The van der Waals surface area contributed by atoms with Gasteiger partial charge in [0.25, 0.3) is 0 Å². The van der Waals surface area contributed by atoms with Crippen molar-refractivity contribution >= 4 is 71.3 Å². The molecule has 11 aromatic carbocycles. The van der Waals surface area contributed by atoms with Gasteiger partial charge < -0.3 is 9.32 Å². The van der Waals surface area contributed by atoms with E-state index in [1.165, 1.54) is 65.7 Å². The molecule has 0 atom stereocenters. The summed E-state index contributed by atoms with van der Waals surface area (Å²) < 4.78 is 6.30. The molecule has 1 aromatic heterocycles. The topological polar surface area (TPSA) is 16.4 Å². The van der Waals surface area contributed by atoms with Gasteiger partial charge in [-0.05, 0) is 137 Å². The predicted octanol–water partition coefficient (Wildman–Crippen LogP) is 17.2. The van der Waals surface area contributed by atoms with Crippen LogP contribution < -0.4 is 4.90 Å². The van der Waals surface area contributed by atoms with E-state index in [0.29, 0.717) is 0 Å². The minimum atomic E-state index is 0.878. The number of nitrogens with zero attached hydrogens (tertiary/aromatic N) is 1. The van der Waals surface area contributed by atoms with E-state index >= 15 is 0 Å². The molecule has 62 heavy (non-hydrogen) atoms. The number of para-hydroxylation sites is 1. The fourth-order valence-electron chi connectivity index (χ4n) is 9.49. The number of rotatable bonds is 7. The lowest BCUT2D eigenvalue weighted by Gasteiger charge is -2.26. The molecule has 0 radical (unpaired) electrons. The molecule has 0 amide bonds. The van der Waals surface area contributed by atoms with Gasteiger partial charge in [0.15, 0.2) is 0 Å². The van der Waals surface area contributed by atoms with E-state index < -0.39 is 0 Å². The van der Waals surface area contributed by atoms with Crippen molar-refractivity contribution in [3.63, 3.8) is 0 Å². The smallest absolute Gasteiger partial charge is 0.135 e. The molecule has 290 valence electrons. The summed E-state index contributed by atoms with van der Waals surface area (Å²) >= 11 is 0. The first-order chi connectivity index (χ1) is 30.7. The predicted molar refractivity (Wildman–Crippen MR) is 263 cm³/mol. The van der Waals surface area contributed by atoms with Crippen LogP contribution in [0.4, 0.5) is 17.1 Å². The molecule has 0 aliphatic heterocycles. The van der Waals surface area contributed by atoms with Gasteiger partial charge >= 0.3 is 0 Å². The van der Waals surface area contributed by atoms with Crippen molar-refractivity contribution in [1.29, 1.82) is 0 Å². The van der Waals surface area contributed by atoms with Crippen LogP contribution in [0.15, 0.2) is 241 Å². The molecule has 0 unspecified atom stereocenters. The van der Waals surface area contributed by atoms with Gasteiger partial charge in [0, 0.05) is 27.8 Å². The third kappa shape index (κ3) is 6.12. The Bertz CT molecular complexity index is 3630. The van der Waals surface area contributed by atoms with E-state index in [1.54, 1.807) is 0 Å². The molecule has 2 nitrogen and oxygen atoms in total. The summed E-state index contributed by atoms with van der Waals surface area (Å²) in [6.45, 7) is 0. The molecule has 12 aromatic rings. The zero-order valence-corrected chi connectivity index (χ0v) is 33.9. The zero-order chi connectivity index (χ0) is 41.0. The Morgan fingerprint density at radius 2 is 0.742 bits per heavy atom. The molecule has 2 heteroatoms. The first-order valence-electron chi connectivity index (χ1n) is 21.2. The van der Waals surface area contributed by atoms with Gasteiger partial charge in [0.2, 0.25) is 0 Å². The number of benzene rings is 11. The van der Waals surface area contributed by atoms with Gasteiger partial charge in [-0.3, -0.25) is 0 Å². The molecule has 0 aliphatic rings. The van der Waals surface area contributed by atoms with Crippen molar-refractivity contribution in [2.75, 3.05) is 4.90 Å². The summed E-state index contributed by atoms with van der Waals surface area (Å²) in [5, 5.41) is 9.57. The van der Waals surface area contributed by atoms with Crippen molar-refractivity contribution in [2.24, 2.45) is 0 Å². The number of hydrogen-bond acceptors (Lipinski definition) is 2. The van der Waals surface area contributed by atoms with E-state index in [9.17, 15) is 0 Å². The number of fused-ring (bicyclic) bond motifs is 7. The quantitative estimate of drug-likeness (QED) is 0.150. The molecule has 0 N–H and O–H groups in total. The maximum atomic E-state index is 6.30. The standard InChI is InChI=1S/C60H39NO/c1-4-15-40(16-5-1)44-27-28-46-37-49(31-29-45(46)35-44)61(50-32-34-58-55(39-50)53-24-12-13-26-57(53)62-58)48-22-14-21-43(36-48)47-30-33-52-51-23-10-11-25-54(51)59(41-17-6-2-7-18-41)60(56(52)38-47)42-19-8-3-9-20-42/h1-39H. The van der Waals surface area contributed by atoms with Gasteiger partial charge in [0.05, 0.1) is 0 Å². The summed E-state index contributed by atoms with van der Waals surface area (Å²) in [5.41, 5.74) is 14.6. The maximum absolute atomic E-state index is 6.30. The Labute approximate surface area is 360 Å². The molecular weight excluding hydrogens is 751 g/mol. The van der Waals surface area contributed by atoms with Gasteiger partial charge in [-0.2, -0.15) is 0 Å². The molecular formula is C60H39NO. The van der Waals surface area contributed by atoms with Crippen molar-refractivity contribution in [2.45, 2.75) is 0 Å². The molecule has 0 spiro atoms. The molecule has 1 heterocycles. The Morgan fingerprint density at radius 1 is 0.242 bits per heavy atom. The van der Waals surface area contributed by atoms with Gasteiger partial charge in [0.1, 0.15) is 11.2 Å². The Balaban J connectivity index is 1.05. The third-order valence-electron chi connectivity index (χ3n) is 12.4. The van der Waals surface area contributed by atoms with Crippen molar-refractivity contribution < 1.29 is 4.42 Å². The average Bonchev–Trinajstić information content (AvgIpc) is 3.72. The van der Waals surface area contributed by atoms with E-state index in [4.69, 9.17) is 4.42 Å². The lowest BCUT2D eigenvalue weighted by atomic mass is 9.84. The summed E-state index contributed by atoms with van der Waals surface area (Å²) in [6.07, 6.45) is 0. The van der Waals surface area contributed by atoms with E-state index in [0.717, 1.165) is 50.1 Å². The first kappa shape index (κ1) is 35.7. The van der Waals surface area contributed by atoms with E-state index in [-0.39, 0.29) is 0 Å². The Morgan fingerprint density at radius 3 is 1.52 bits per heavy atom. The highest BCUT2D eigenvalue weighted by Gasteiger charge is 2.20. The lowest BCUT2D eigenvalue weighted by Crippen LogP contribution is -2.10. The maximum Gasteiger partial charge on any atom is 0.135 e. The minimum absolute atomic E-state index is 0.878. The van der Waals surface area contributed by atoms with Crippen LogP contribution in [-0.2, 0) is 0 Å². The van der Waals surface area contributed by atoms with Crippen molar-refractivity contribution in [3.05, 3.63) is 237 Å². The van der Waals surface area contributed by atoms with Crippen LogP contribution >= 0.6 is 0 Å². The molecule has 0 bridgehead atoms. The molecule has 0 saturated heterocycles. The molecule has 0 aliphatic carbocycles. The normalized spacial score (nSPS) is 11.5. The minimum Gasteiger partial charge on any atom is -0.456 e. The fraction of sp³-hybridized carbons (Fsp3) is 0. The van der Waals surface area contributed by atoms with Gasteiger partial charge in [-0.15, -0.1) is 0 Å². The summed E-state index contributed by atoms with van der Waals surface area (Å²) in [5.74, 6) is 0. The Hall–Kier alpha value is -8.20. The van der Waals surface area contributed by atoms with Crippen LogP contribution in [0.5, 0.6) is 0 Å². The van der Waals surface area contributed by atoms with Crippen molar-refractivity contribution in [1.82, 2.24) is 0 Å². The average molecular weight is 790 g/mol. The zero-order valence-electron chi connectivity index (χ0n) is 33.9. The summed E-state index contributed by atoms with van der Waals surface area (Å²) in [7, 11) is 0. The number of hydrogen-bond donors (Lipinski definition) is 0. The van der Waals surface area contributed by atoms with Crippen LogP contribution in [0.3, 0.4) is 0 Å². The highest BCUT2D eigenvalue weighted by atomic mass is 16.3. The second-order valence-electron chi connectivity index (χ2n) is 16.1. The first-order valence-corrected chi connectivity index (χ1v) is 21.2. The van der Waals surface area contributed by atoms with Crippen LogP contribution in [0.1, 0.15) is 0 Å². The largest absolute Gasteiger partial charge is 0.456 e. The van der Waals surface area contributed by atoms with Crippen LogP contribution in [-0.4, -0.2) is 0 Å². The number of furan rings is 1. The Kier molecular flexibility index (Phi) is 8.53. The second-order valence-corrected chi connectivity index (χ2v) is 16.1. The molecule has 0 saturated carbocycles. The highest BCUT2D eigenvalue weighted by Crippen LogP contribution is 2.46. The third-order valence-corrected chi connectivity index (χ3v) is 12.4. The highest BCUT2D eigenvalue weighted by molar-refractivity contribution is 6.22. The second kappa shape index (κ2) is 14.8. The van der Waals surface area contributed by atoms with E-state index in [2.05, 4.69) is 229 Å². The summed E-state index contributed by atoms with van der Waals surface area (Å²) in [4.78, 5) is 2.38. The van der Waals surface area contributed by atoms with Gasteiger partial charge in [-0.1, -0.05) is 176 Å². The van der Waals surface area contributed by atoms with Crippen LogP contribution in [0.25, 0.3) is 98.8 Å². The van der Waals surface area contributed by atoms with E-state index in [1.807, 2.05) is 12.1 Å². The van der Waals surface area contributed by atoms with Crippen molar-refractivity contribution in [3.8, 4) is 44.5 Å². The lowest BCUT2D eigenvalue weighted by molar-refractivity contribution is 0.669. The van der Waals surface area contributed by atoms with Crippen LogP contribution in [0, 0.1) is 0 Å². The van der Waals surface area contributed by atoms with Crippen LogP contribution in [0.2, 0.25) is 0 Å². The molecule has 12 rings (SSSR count). The fourth-order valence-corrected chi connectivity index (χ4v) is 9.49. The number of anilines is 3. The SMILES string of the molecule is c1ccc(-c2ccc3cc(N(c4cccc(-c5ccc6c(c5)c(-c5ccccc5)c(-c5ccccc5)c5ccccc56)c4)c4ccc5oc6ccccc6c5c4)ccc3c2)cc1. The summed E-state index contributed by atoms with van der Waals surface area (Å²) in [6, 6.07) is 85.6.